The molecule has 148 valence electrons. The number of imide groups is 1. The molecule has 0 aromatic heterocycles. The molecule has 1 heterocycles. The van der Waals surface area contributed by atoms with Crippen molar-refractivity contribution in [2.75, 3.05) is 11.9 Å². The molecule has 0 spiro atoms. The summed E-state index contributed by atoms with van der Waals surface area (Å²) < 4.78 is 0. The molecule has 1 aliphatic heterocycles. The van der Waals surface area contributed by atoms with E-state index < -0.39 is 28.5 Å². The van der Waals surface area contributed by atoms with Gasteiger partial charge in [-0.2, -0.15) is 0 Å². The number of carbonyl (C=O) groups is 3. The number of thioether (sulfide) groups is 1. The Hall–Kier alpha value is -2.88. The van der Waals surface area contributed by atoms with Crippen molar-refractivity contribution < 1.29 is 19.3 Å². The fraction of sp³-hybridized carbons (Fsp3) is 0.0556. The summed E-state index contributed by atoms with van der Waals surface area (Å²) in [6.45, 7) is -0.467. The Morgan fingerprint density at radius 2 is 1.86 bits per heavy atom. The minimum atomic E-state index is -0.697. The Bertz CT molecular complexity index is 1060. The van der Waals surface area contributed by atoms with E-state index in [0.717, 1.165) is 11.0 Å². The number of nitro groups is 1. The van der Waals surface area contributed by atoms with Crippen LogP contribution in [0.25, 0.3) is 6.08 Å². The topological polar surface area (TPSA) is 110 Å². The van der Waals surface area contributed by atoms with Crippen molar-refractivity contribution in [3.63, 3.8) is 0 Å². The van der Waals surface area contributed by atoms with Crippen molar-refractivity contribution in [1.29, 1.82) is 0 Å². The van der Waals surface area contributed by atoms with E-state index in [2.05, 4.69) is 5.32 Å². The smallest absolute Gasteiger partial charge is 0.294 e. The molecule has 1 N–H and O–H groups in total. The van der Waals surface area contributed by atoms with Crippen molar-refractivity contribution in [2.45, 2.75) is 0 Å². The van der Waals surface area contributed by atoms with Gasteiger partial charge in [0, 0.05) is 22.3 Å². The largest absolute Gasteiger partial charge is 0.325 e. The molecule has 0 bridgehead atoms. The summed E-state index contributed by atoms with van der Waals surface area (Å²) in [7, 11) is 0. The Morgan fingerprint density at radius 3 is 2.52 bits per heavy atom. The number of benzene rings is 2. The number of carbonyl (C=O) groups excluding carboxylic acids is 3. The number of halogens is 2. The molecule has 3 amide bonds. The molecule has 0 radical (unpaired) electrons. The van der Waals surface area contributed by atoms with Crippen LogP contribution in [0.15, 0.2) is 47.4 Å². The fourth-order valence-corrected chi connectivity index (χ4v) is 3.78. The lowest BCUT2D eigenvalue weighted by molar-refractivity contribution is -0.384. The standard InChI is InChI=1S/C18H11Cl2N3O5S/c19-12-8-13(20)14(23(27)28)6-10(12)7-15-17(25)22(18(26)29-15)9-16(24)21-11-4-2-1-3-5-11/h1-8H,9H2,(H,21,24)/b15-7-. The first-order valence-electron chi connectivity index (χ1n) is 8.00. The van der Waals surface area contributed by atoms with Crippen LogP contribution >= 0.6 is 35.0 Å². The van der Waals surface area contributed by atoms with Gasteiger partial charge < -0.3 is 5.32 Å². The average Bonchev–Trinajstić information content (AvgIpc) is 2.92. The van der Waals surface area contributed by atoms with Gasteiger partial charge in [0.2, 0.25) is 5.91 Å². The van der Waals surface area contributed by atoms with Crippen LogP contribution in [-0.4, -0.2) is 33.4 Å². The molecular formula is C18H11Cl2N3O5S. The number of nitro benzene ring substituents is 1. The lowest BCUT2D eigenvalue weighted by Gasteiger charge is -2.12. The zero-order valence-electron chi connectivity index (χ0n) is 14.4. The highest BCUT2D eigenvalue weighted by Crippen LogP contribution is 2.36. The molecule has 3 rings (SSSR count). The quantitative estimate of drug-likeness (QED) is 0.404. The number of hydrogen-bond acceptors (Lipinski definition) is 6. The molecule has 0 aliphatic carbocycles. The van der Waals surface area contributed by atoms with Gasteiger partial charge in [0.1, 0.15) is 11.6 Å². The third kappa shape index (κ3) is 4.76. The lowest BCUT2D eigenvalue weighted by Crippen LogP contribution is -2.36. The molecule has 1 fully saturated rings. The molecule has 0 saturated carbocycles. The fourth-order valence-electron chi connectivity index (χ4n) is 2.45. The van der Waals surface area contributed by atoms with Crippen LogP contribution in [0.3, 0.4) is 0 Å². The maximum absolute atomic E-state index is 12.5. The first-order valence-corrected chi connectivity index (χ1v) is 9.57. The van der Waals surface area contributed by atoms with E-state index >= 15 is 0 Å². The summed E-state index contributed by atoms with van der Waals surface area (Å²) in [5, 5.41) is 12.9. The van der Waals surface area contributed by atoms with E-state index in [1.165, 1.54) is 12.1 Å². The number of rotatable bonds is 5. The Morgan fingerprint density at radius 1 is 1.17 bits per heavy atom. The Balaban J connectivity index is 1.79. The van der Waals surface area contributed by atoms with Crippen molar-refractivity contribution >= 4 is 69.5 Å². The normalized spacial score (nSPS) is 15.1. The Labute approximate surface area is 178 Å². The summed E-state index contributed by atoms with van der Waals surface area (Å²) in [4.78, 5) is 48.0. The number of hydrogen-bond donors (Lipinski definition) is 1. The van der Waals surface area contributed by atoms with Crippen LogP contribution in [0.2, 0.25) is 10.0 Å². The van der Waals surface area contributed by atoms with E-state index in [0.29, 0.717) is 17.4 Å². The summed E-state index contributed by atoms with van der Waals surface area (Å²) in [6, 6.07) is 10.9. The van der Waals surface area contributed by atoms with Crippen LogP contribution in [0.5, 0.6) is 0 Å². The van der Waals surface area contributed by atoms with Crippen LogP contribution in [0.4, 0.5) is 16.2 Å². The second kappa shape index (κ2) is 8.64. The lowest BCUT2D eigenvalue weighted by atomic mass is 10.2. The third-order valence-electron chi connectivity index (χ3n) is 3.78. The first-order chi connectivity index (χ1) is 13.8. The van der Waals surface area contributed by atoms with Crippen LogP contribution in [-0.2, 0) is 9.59 Å². The molecule has 29 heavy (non-hydrogen) atoms. The van der Waals surface area contributed by atoms with E-state index in [9.17, 15) is 24.5 Å². The van der Waals surface area contributed by atoms with Gasteiger partial charge in [0.15, 0.2) is 0 Å². The Kier molecular flexibility index (Phi) is 6.21. The highest BCUT2D eigenvalue weighted by Gasteiger charge is 2.36. The summed E-state index contributed by atoms with van der Waals surface area (Å²) >= 11 is 12.4. The number of nitrogens with one attached hydrogen (secondary N) is 1. The van der Waals surface area contributed by atoms with Gasteiger partial charge in [-0.05, 0) is 36.0 Å². The zero-order chi connectivity index (χ0) is 21.1. The number of anilines is 1. The van der Waals surface area contributed by atoms with Gasteiger partial charge in [-0.25, -0.2) is 0 Å². The molecule has 0 atom stereocenters. The van der Waals surface area contributed by atoms with Crippen LogP contribution in [0, 0.1) is 10.1 Å². The van der Waals surface area contributed by atoms with Gasteiger partial charge >= 0.3 is 0 Å². The van der Waals surface area contributed by atoms with E-state index in [1.807, 2.05) is 0 Å². The van der Waals surface area contributed by atoms with Crippen LogP contribution in [0.1, 0.15) is 5.56 Å². The highest BCUT2D eigenvalue weighted by atomic mass is 35.5. The molecule has 1 aliphatic rings. The predicted octanol–water partition coefficient (Wildman–Crippen LogP) is 4.58. The predicted molar refractivity (Wildman–Crippen MR) is 111 cm³/mol. The minimum absolute atomic E-state index is 0.0129. The zero-order valence-corrected chi connectivity index (χ0v) is 16.8. The van der Waals surface area contributed by atoms with Gasteiger partial charge in [-0.1, -0.05) is 41.4 Å². The van der Waals surface area contributed by atoms with Crippen molar-refractivity contribution in [2.24, 2.45) is 0 Å². The SMILES string of the molecule is O=C(CN1C(=O)S/C(=C\c2cc([N+](=O)[O-])c(Cl)cc2Cl)C1=O)Nc1ccccc1. The monoisotopic (exact) mass is 451 g/mol. The van der Waals surface area contributed by atoms with E-state index in [1.54, 1.807) is 30.3 Å². The summed E-state index contributed by atoms with van der Waals surface area (Å²) in [5.74, 6) is -1.24. The number of amides is 3. The second-order valence-electron chi connectivity index (χ2n) is 5.76. The van der Waals surface area contributed by atoms with Crippen molar-refractivity contribution in [3.05, 3.63) is 73.1 Å². The van der Waals surface area contributed by atoms with Crippen molar-refractivity contribution in [1.82, 2.24) is 4.90 Å². The van der Waals surface area contributed by atoms with Crippen molar-refractivity contribution in [3.8, 4) is 0 Å². The number of nitrogens with zero attached hydrogens (tertiary/aromatic N) is 2. The molecule has 2 aromatic carbocycles. The van der Waals surface area contributed by atoms with E-state index in [4.69, 9.17) is 23.2 Å². The summed E-state index contributed by atoms with van der Waals surface area (Å²) in [6.07, 6.45) is 1.26. The number of para-hydroxylation sites is 1. The summed E-state index contributed by atoms with van der Waals surface area (Å²) in [5.41, 5.74) is 0.297. The van der Waals surface area contributed by atoms with Gasteiger partial charge in [0.25, 0.3) is 16.8 Å². The van der Waals surface area contributed by atoms with Gasteiger partial charge in [0.05, 0.1) is 9.83 Å². The molecule has 0 unspecified atom stereocenters. The van der Waals surface area contributed by atoms with Gasteiger partial charge in [-0.3, -0.25) is 29.4 Å². The van der Waals surface area contributed by atoms with E-state index in [-0.39, 0.29) is 26.2 Å². The van der Waals surface area contributed by atoms with Crippen LogP contribution < -0.4 is 5.32 Å². The molecule has 1 saturated heterocycles. The second-order valence-corrected chi connectivity index (χ2v) is 7.57. The minimum Gasteiger partial charge on any atom is -0.325 e. The molecule has 8 nitrogen and oxygen atoms in total. The average molecular weight is 452 g/mol. The third-order valence-corrected chi connectivity index (χ3v) is 5.32. The maximum Gasteiger partial charge on any atom is 0.294 e. The first kappa shape index (κ1) is 20.8. The highest BCUT2D eigenvalue weighted by molar-refractivity contribution is 8.18. The molecule has 11 heteroatoms. The molecule has 2 aromatic rings. The molecular weight excluding hydrogens is 441 g/mol. The van der Waals surface area contributed by atoms with Gasteiger partial charge in [-0.15, -0.1) is 0 Å². The maximum atomic E-state index is 12.5.